The molecule has 0 atom stereocenters. The molecular weight excluding hydrogens is 340 g/mol. The van der Waals surface area contributed by atoms with E-state index in [0.29, 0.717) is 12.5 Å². The Labute approximate surface area is 161 Å². The predicted molar refractivity (Wildman–Crippen MR) is 109 cm³/mol. The molecule has 7 heteroatoms. The molecule has 0 unspecified atom stereocenters. The second-order valence-corrected chi connectivity index (χ2v) is 6.63. The molecule has 146 valence electrons. The van der Waals surface area contributed by atoms with Crippen molar-refractivity contribution in [3.8, 4) is 11.3 Å². The summed E-state index contributed by atoms with van der Waals surface area (Å²) in [5.41, 5.74) is 3.04. The zero-order chi connectivity index (χ0) is 19.6. The minimum Gasteiger partial charge on any atom is -0.356 e. The summed E-state index contributed by atoms with van der Waals surface area (Å²) >= 11 is 0. The van der Waals surface area contributed by atoms with Crippen LogP contribution in [0.4, 0.5) is 0 Å². The average Bonchev–Trinajstić information content (AvgIpc) is 3.04. The van der Waals surface area contributed by atoms with E-state index in [0.717, 1.165) is 36.2 Å². The summed E-state index contributed by atoms with van der Waals surface area (Å²) in [5, 5.41) is 11.0. The Hall–Kier alpha value is -2.83. The van der Waals surface area contributed by atoms with Crippen LogP contribution >= 0.6 is 0 Å². The fourth-order valence-corrected chi connectivity index (χ4v) is 2.53. The van der Waals surface area contributed by atoms with Crippen molar-refractivity contribution >= 4 is 11.9 Å². The maximum Gasteiger partial charge on any atom is 0.241 e. The Balaban J connectivity index is 2.13. The first-order valence-electron chi connectivity index (χ1n) is 9.31. The lowest BCUT2D eigenvalue weighted by atomic mass is 10.1. The van der Waals surface area contributed by atoms with Crippen LogP contribution in [0.3, 0.4) is 0 Å². The summed E-state index contributed by atoms with van der Waals surface area (Å²) in [6.45, 7) is 3.65. The van der Waals surface area contributed by atoms with Crippen LogP contribution in [0.15, 0.2) is 41.5 Å². The molecule has 0 spiro atoms. The van der Waals surface area contributed by atoms with Gasteiger partial charge in [0.1, 0.15) is 0 Å². The van der Waals surface area contributed by atoms with Gasteiger partial charge >= 0.3 is 0 Å². The molecule has 1 aromatic heterocycles. The van der Waals surface area contributed by atoms with E-state index in [-0.39, 0.29) is 12.5 Å². The second-order valence-electron chi connectivity index (χ2n) is 6.63. The summed E-state index contributed by atoms with van der Waals surface area (Å²) in [6, 6.07) is 10.1. The van der Waals surface area contributed by atoms with Crippen molar-refractivity contribution in [3.63, 3.8) is 0 Å². The third-order valence-corrected chi connectivity index (χ3v) is 4.09. The highest BCUT2D eigenvalue weighted by Gasteiger charge is 2.11. The van der Waals surface area contributed by atoms with Gasteiger partial charge in [0.2, 0.25) is 5.91 Å². The van der Waals surface area contributed by atoms with Gasteiger partial charge in [0, 0.05) is 45.0 Å². The minimum atomic E-state index is 0.00587. The molecule has 0 radical (unpaired) electrons. The fourth-order valence-electron chi connectivity index (χ4n) is 2.53. The van der Waals surface area contributed by atoms with Gasteiger partial charge in [-0.2, -0.15) is 5.10 Å². The van der Waals surface area contributed by atoms with Crippen molar-refractivity contribution in [2.45, 2.75) is 26.3 Å². The predicted octanol–water partition coefficient (Wildman–Crippen LogP) is 2.01. The molecule has 1 heterocycles. The molecule has 0 aliphatic carbocycles. The quantitative estimate of drug-likeness (QED) is 0.423. The number of aliphatic imine (C=N–C) groups is 1. The van der Waals surface area contributed by atoms with Gasteiger partial charge in [0.05, 0.1) is 18.8 Å². The largest absolute Gasteiger partial charge is 0.356 e. The van der Waals surface area contributed by atoms with Crippen LogP contribution in [0.25, 0.3) is 11.3 Å². The van der Waals surface area contributed by atoms with Crippen molar-refractivity contribution < 1.29 is 4.79 Å². The van der Waals surface area contributed by atoms with Crippen molar-refractivity contribution in [1.29, 1.82) is 0 Å². The third kappa shape index (κ3) is 6.44. The van der Waals surface area contributed by atoms with Crippen LogP contribution in [0.5, 0.6) is 0 Å². The highest BCUT2D eigenvalue weighted by Crippen LogP contribution is 2.22. The van der Waals surface area contributed by atoms with Crippen LogP contribution < -0.4 is 10.6 Å². The maximum atomic E-state index is 11.9. The van der Waals surface area contributed by atoms with E-state index in [1.54, 1.807) is 23.7 Å². The monoisotopic (exact) mass is 370 g/mol. The van der Waals surface area contributed by atoms with E-state index in [2.05, 4.69) is 27.6 Å². The third-order valence-electron chi connectivity index (χ3n) is 4.09. The van der Waals surface area contributed by atoms with E-state index < -0.39 is 0 Å². The number of carbonyl (C=O) groups is 1. The summed E-state index contributed by atoms with van der Waals surface area (Å²) in [4.78, 5) is 18.1. The summed E-state index contributed by atoms with van der Waals surface area (Å²) in [6.07, 6.45) is 4.13. The molecule has 0 saturated heterocycles. The zero-order valence-electron chi connectivity index (χ0n) is 16.7. The van der Waals surface area contributed by atoms with Gasteiger partial charge < -0.3 is 15.5 Å². The van der Waals surface area contributed by atoms with Crippen molar-refractivity contribution in [2.24, 2.45) is 12.0 Å². The number of hydrogen-bond acceptors (Lipinski definition) is 3. The molecule has 2 aromatic rings. The van der Waals surface area contributed by atoms with Gasteiger partial charge in [-0.3, -0.25) is 9.48 Å². The molecule has 0 saturated carbocycles. The number of amides is 1. The first-order chi connectivity index (χ1) is 13.0. The van der Waals surface area contributed by atoms with E-state index in [1.165, 1.54) is 0 Å². The van der Waals surface area contributed by atoms with E-state index in [4.69, 9.17) is 0 Å². The summed E-state index contributed by atoms with van der Waals surface area (Å²) in [5.74, 6) is 0.646. The van der Waals surface area contributed by atoms with E-state index in [9.17, 15) is 4.79 Å². The van der Waals surface area contributed by atoms with Gasteiger partial charge in [0.25, 0.3) is 0 Å². The molecule has 2 N–H and O–H groups in total. The SMILES string of the molecule is CCCCNC(=NCc1cn(C)nc1-c1ccccc1)NCC(=O)N(C)C. The Bertz CT molecular complexity index is 751. The summed E-state index contributed by atoms with van der Waals surface area (Å²) < 4.78 is 1.81. The Morgan fingerprint density at radius 1 is 1.22 bits per heavy atom. The normalized spacial score (nSPS) is 11.3. The molecule has 0 bridgehead atoms. The van der Waals surface area contributed by atoms with Gasteiger partial charge in [-0.05, 0) is 6.42 Å². The van der Waals surface area contributed by atoms with Crippen LogP contribution in [-0.4, -0.2) is 53.7 Å². The standard InChI is InChI=1S/C20H30N6O/c1-5-6-12-21-20(23-14-18(27)25(2)3)22-13-17-15-26(4)24-19(17)16-10-8-7-9-11-16/h7-11,15H,5-6,12-14H2,1-4H3,(H2,21,22,23). The highest BCUT2D eigenvalue weighted by atomic mass is 16.2. The average molecular weight is 371 g/mol. The van der Waals surface area contributed by atoms with E-state index >= 15 is 0 Å². The number of aromatic nitrogens is 2. The smallest absolute Gasteiger partial charge is 0.241 e. The number of nitrogens with zero attached hydrogens (tertiary/aromatic N) is 4. The van der Waals surface area contributed by atoms with E-state index in [1.807, 2.05) is 43.6 Å². The highest BCUT2D eigenvalue weighted by molar-refractivity contribution is 5.86. The van der Waals surface area contributed by atoms with Gasteiger partial charge in [-0.1, -0.05) is 43.7 Å². The van der Waals surface area contributed by atoms with Crippen LogP contribution in [0.2, 0.25) is 0 Å². The first-order valence-corrected chi connectivity index (χ1v) is 9.31. The van der Waals surface area contributed by atoms with Gasteiger partial charge in [-0.15, -0.1) is 0 Å². The lowest BCUT2D eigenvalue weighted by Crippen LogP contribution is -2.43. The molecule has 0 aliphatic rings. The number of unbranched alkanes of at least 4 members (excludes halogenated alkanes) is 1. The molecule has 1 aromatic carbocycles. The minimum absolute atomic E-state index is 0.00587. The molecular formula is C20H30N6O. The Kier molecular flexibility index (Phi) is 7.85. The lowest BCUT2D eigenvalue weighted by Gasteiger charge is -2.14. The van der Waals surface area contributed by atoms with Crippen LogP contribution in [0, 0.1) is 0 Å². The van der Waals surface area contributed by atoms with Crippen molar-refractivity contribution in [2.75, 3.05) is 27.2 Å². The maximum absolute atomic E-state index is 11.9. The molecule has 7 nitrogen and oxygen atoms in total. The fraction of sp³-hybridized carbons (Fsp3) is 0.450. The topological polar surface area (TPSA) is 74.5 Å². The molecule has 1 amide bonds. The number of nitrogens with one attached hydrogen (secondary N) is 2. The van der Waals surface area contributed by atoms with Crippen LogP contribution in [-0.2, 0) is 18.4 Å². The summed E-state index contributed by atoms with van der Waals surface area (Å²) in [7, 11) is 5.40. The number of rotatable bonds is 8. The van der Waals surface area contributed by atoms with Crippen molar-refractivity contribution in [1.82, 2.24) is 25.3 Å². The second kappa shape index (κ2) is 10.4. The molecule has 0 fully saturated rings. The van der Waals surface area contributed by atoms with Crippen LogP contribution in [0.1, 0.15) is 25.3 Å². The van der Waals surface area contributed by atoms with Crippen molar-refractivity contribution in [3.05, 3.63) is 42.1 Å². The molecule has 0 aliphatic heterocycles. The number of guanidine groups is 1. The first kappa shape index (κ1) is 20.5. The number of hydrogen-bond donors (Lipinski definition) is 2. The number of carbonyl (C=O) groups excluding carboxylic acids is 1. The number of benzene rings is 1. The molecule has 27 heavy (non-hydrogen) atoms. The number of likely N-dealkylation sites (N-methyl/N-ethyl adjacent to an activating group) is 1. The van der Waals surface area contributed by atoms with Gasteiger partial charge in [0.15, 0.2) is 5.96 Å². The Morgan fingerprint density at radius 2 is 1.96 bits per heavy atom. The Morgan fingerprint density at radius 3 is 2.63 bits per heavy atom. The van der Waals surface area contributed by atoms with Gasteiger partial charge in [-0.25, -0.2) is 4.99 Å². The lowest BCUT2D eigenvalue weighted by molar-refractivity contribution is -0.127. The molecule has 2 rings (SSSR count). The zero-order valence-corrected chi connectivity index (χ0v) is 16.7. The number of aryl methyl sites for hydroxylation is 1.